The van der Waals surface area contributed by atoms with Crippen molar-refractivity contribution in [1.29, 1.82) is 0 Å². The summed E-state index contributed by atoms with van der Waals surface area (Å²) in [5.74, 6) is -1.94. The summed E-state index contributed by atoms with van der Waals surface area (Å²) in [5.41, 5.74) is 22.7. The van der Waals surface area contributed by atoms with Crippen molar-refractivity contribution in [3.05, 3.63) is 0 Å². The van der Waals surface area contributed by atoms with E-state index >= 15 is 0 Å². The Bertz CT molecular complexity index is 1380. The zero-order valence-corrected chi connectivity index (χ0v) is 31.6. The molecule has 3 rings (SSSR count). The summed E-state index contributed by atoms with van der Waals surface area (Å²) >= 11 is 0. The van der Waals surface area contributed by atoms with E-state index in [1.54, 1.807) is 0 Å². The molecule has 23 nitrogen and oxygen atoms in total. The van der Waals surface area contributed by atoms with Crippen LogP contribution < -0.4 is 60.2 Å². The average Bonchev–Trinajstić information content (AvgIpc) is 3.56. The first-order valence-electron chi connectivity index (χ1n) is 18.9. The fourth-order valence-corrected chi connectivity index (χ4v) is 6.69. The number of ether oxygens (including phenoxy) is 2. The van der Waals surface area contributed by atoms with Crippen molar-refractivity contribution in [2.24, 2.45) is 27.9 Å². The lowest BCUT2D eigenvalue weighted by atomic mass is 9.95. The number of aliphatic hydroxyl groups is 3. The van der Waals surface area contributed by atoms with Gasteiger partial charge in [0.2, 0.25) is 29.5 Å². The van der Waals surface area contributed by atoms with Gasteiger partial charge in [0.1, 0.15) is 18.2 Å². The van der Waals surface area contributed by atoms with Gasteiger partial charge in [-0.05, 0) is 45.1 Å². The first kappa shape index (κ1) is 46.0. The maximum Gasteiger partial charge on any atom is 0.404 e. The Labute approximate surface area is 324 Å². The summed E-state index contributed by atoms with van der Waals surface area (Å²) in [5, 5.41) is 50.7. The first-order chi connectivity index (χ1) is 26.6. The summed E-state index contributed by atoms with van der Waals surface area (Å²) in [4.78, 5) is 78.1. The van der Waals surface area contributed by atoms with E-state index < -0.39 is 91.3 Å². The second-order valence-corrected chi connectivity index (χ2v) is 14.3. The molecule has 0 aliphatic carbocycles. The highest BCUT2D eigenvalue weighted by Crippen LogP contribution is 2.24. The highest BCUT2D eigenvalue weighted by molar-refractivity contribution is 5.92. The number of rotatable bonds is 22. The van der Waals surface area contributed by atoms with E-state index in [4.69, 9.17) is 32.4 Å². The van der Waals surface area contributed by atoms with Crippen molar-refractivity contribution in [1.82, 2.24) is 37.2 Å². The molecule has 2 saturated heterocycles. The number of nitrogens with one attached hydrogen (secondary N) is 7. The fourth-order valence-electron chi connectivity index (χ4n) is 6.69. The molecule has 0 bridgehead atoms. The van der Waals surface area contributed by atoms with Gasteiger partial charge in [0.05, 0.1) is 18.8 Å². The number of hydrogen-bond donors (Lipinski definition) is 14. The standard InChI is InChI=1S/C33H60N12O11/c1-16(47)41-19(7-4-10-39-23(50)12-18(36)6-3-9-38-22(49)11-17(35)5-2-8-34)13-24(51)42-27-28(52)29(56-32(37)54)21(15-46)55-31(27)45-33-43-25-20(48)14-40-30(53)26(25)44-33/h17-21,25-29,31,46,48,52H,2-15,34-36H2,1H3,(H2,37,54)(H,38,49)(H,39,50)(H,40,53)(H,41,47)(H,42,51)(H2,43,44,45)/t17-,18-,19-,20?,21+,25+,26-,27+,28-,29-,31+/m0/s1. The highest BCUT2D eigenvalue weighted by Gasteiger charge is 2.49. The third-order valence-corrected chi connectivity index (χ3v) is 9.48. The first-order valence-corrected chi connectivity index (χ1v) is 18.9. The molecule has 3 heterocycles. The quantitative estimate of drug-likeness (QED) is 0.0453. The van der Waals surface area contributed by atoms with Gasteiger partial charge in [-0.1, -0.05) is 0 Å². The molecule has 3 aliphatic rings. The van der Waals surface area contributed by atoms with Crippen LogP contribution in [0, 0.1) is 0 Å². The molecule has 18 N–H and O–H groups in total. The topological polar surface area (TPSA) is 382 Å². The second-order valence-electron chi connectivity index (χ2n) is 14.3. The van der Waals surface area contributed by atoms with E-state index in [9.17, 15) is 44.1 Å². The number of β-amino-alcohol motifs (C(OH)–C–C–N with tert-alkyl or cyclic N) is 1. The number of nitrogens with zero attached hydrogens (tertiary/aromatic N) is 1. The Morgan fingerprint density at radius 2 is 1.59 bits per heavy atom. The van der Waals surface area contributed by atoms with Gasteiger partial charge in [-0.2, -0.15) is 0 Å². The molecule has 0 radical (unpaired) electrons. The molecule has 0 aromatic heterocycles. The van der Waals surface area contributed by atoms with Crippen LogP contribution in [0.3, 0.4) is 0 Å². The Hall–Kier alpha value is -4.39. The van der Waals surface area contributed by atoms with Crippen molar-refractivity contribution in [2.75, 3.05) is 32.8 Å². The van der Waals surface area contributed by atoms with E-state index in [2.05, 4.69) is 42.2 Å². The minimum absolute atomic E-state index is 0.00122. The van der Waals surface area contributed by atoms with Crippen LogP contribution >= 0.6 is 0 Å². The number of aliphatic imine (C=N–C) groups is 1. The van der Waals surface area contributed by atoms with Crippen molar-refractivity contribution >= 4 is 41.6 Å². The molecule has 11 atom stereocenters. The van der Waals surface area contributed by atoms with E-state index in [1.165, 1.54) is 6.92 Å². The third-order valence-electron chi connectivity index (χ3n) is 9.48. The molecule has 3 aliphatic heterocycles. The molecular weight excluding hydrogens is 740 g/mol. The van der Waals surface area contributed by atoms with E-state index in [0.717, 1.165) is 6.42 Å². The van der Waals surface area contributed by atoms with Gasteiger partial charge < -0.3 is 84.9 Å². The summed E-state index contributed by atoms with van der Waals surface area (Å²) < 4.78 is 10.9. The van der Waals surface area contributed by atoms with Gasteiger partial charge in [-0.3, -0.25) is 24.0 Å². The number of carbonyl (C=O) groups is 6. The van der Waals surface area contributed by atoms with Crippen molar-refractivity contribution in [2.45, 2.75) is 132 Å². The highest BCUT2D eigenvalue weighted by atomic mass is 16.6. The van der Waals surface area contributed by atoms with Crippen molar-refractivity contribution in [3.8, 4) is 0 Å². The van der Waals surface area contributed by atoms with Crippen LogP contribution in [0.4, 0.5) is 4.79 Å². The molecule has 0 saturated carbocycles. The Morgan fingerprint density at radius 3 is 2.16 bits per heavy atom. The Balaban J connectivity index is 1.51. The van der Waals surface area contributed by atoms with Crippen molar-refractivity contribution < 1.29 is 53.6 Å². The van der Waals surface area contributed by atoms with Crippen LogP contribution in [0.25, 0.3) is 0 Å². The molecule has 318 valence electrons. The second kappa shape index (κ2) is 23.0. The number of primary amides is 1. The number of amides is 6. The maximum absolute atomic E-state index is 13.4. The van der Waals surface area contributed by atoms with Crippen LogP contribution in [0.15, 0.2) is 4.99 Å². The number of fused-ring (bicyclic) bond motifs is 1. The third kappa shape index (κ3) is 14.9. The maximum atomic E-state index is 13.4. The van der Waals surface area contributed by atoms with Crippen LogP contribution in [-0.2, 0) is 33.4 Å². The Kier molecular flexibility index (Phi) is 18.9. The molecule has 6 amide bonds. The van der Waals surface area contributed by atoms with E-state index in [-0.39, 0.29) is 62.6 Å². The van der Waals surface area contributed by atoms with Gasteiger partial charge in [0.15, 0.2) is 24.3 Å². The van der Waals surface area contributed by atoms with Gasteiger partial charge in [-0.15, -0.1) is 0 Å². The lowest BCUT2D eigenvalue weighted by molar-refractivity contribution is -0.198. The number of aliphatic hydroxyl groups excluding tert-OH is 3. The van der Waals surface area contributed by atoms with Crippen LogP contribution in [0.2, 0.25) is 0 Å². The van der Waals surface area contributed by atoms with Crippen molar-refractivity contribution in [3.63, 3.8) is 0 Å². The molecule has 0 aromatic carbocycles. The molecular formula is C33H60N12O11. The number of hydrogen-bond acceptors (Lipinski definition) is 17. The van der Waals surface area contributed by atoms with Gasteiger partial charge in [-0.25, -0.2) is 9.79 Å². The molecule has 2 fully saturated rings. The van der Waals surface area contributed by atoms with Crippen LogP contribution in [0.1, 0.15) is 64.7 Å². The van der Waals surface area contributed by atoms with Gasteiger partial charge in [0.25, 0.3) is 0 Å². The Morgan fingerprint density at radius 1 is 0.964 bits per heavy atom. The molecule has 1 unspecified atom stereocenters. The largest absolute Gasteiger partial charge is 0.441 e. The fraction of sp³-hybridized carbons (Fsp3) is 0.788. The monoisotopic (exact) mass is 800 g/mol. The van der Waals surface area contributed by atoms with Gasteiger partial charge in [0, 0.05) is 63.9 Å². The zero-order chi connectivity index (χ0) is 41.4. The number of nitrogens with two attached hydrogens (primary N) is 4. The predicted molar refractivity (Wildman–Crippen MR) is 199 cm³/mol. The molecule has 56 heavy (non-hydrogen) atoms. The number of guanidine groups is 1. The van der Waals surface area contributed by atoms with Crippen LogP contribution in [-0.4, -0.2) is 157 Å². The van der Waals surface area contributed by atoms with Gasteiger partial charge >= 0.3 is 6.09 Å². The predicted octanol–water partition coefficient (Wildman–Crippen LogP) is -6.35. The summed E-state index contributed by atoms with van der Waals surface area (Å²) in [6.07, 6.45) is -4.88. The minimum atomic E-state index is -1.68. The summed E-state index contributed by atoms with van der Waals surface area (Å²) in [6.45, 7) is 1.70. The number of carbonyl (C=O) groups excluding carboxylic acids is 6. The lowest BCUT2D eigenvalue weighted by Gasteiger charge is -2.44. The van der Waals surface area contributed by atoms with E-state index in [0.29, 0.717) is 38.8 Å². The summed E-state index contributed by atoms with van der Waals surface area (Å²) in [7, 11) is 0. The normalized spacial score (nSPS) is 27.2. The lowest BCUT2D eigenvalue weighted by Crippen LogP contribution is -2.70. The summed E-state index contributed by atoms with van der Waals surface area (Å²) in [6, 6.07) is -4.47. The zero-order valence-electron chi connectivity index (χ0n) is 31.6. The molecule has 23 heteroatoms. The SMILES string of the molecule is CC(=O)N[C@@H](CCCNC(=O)C[C@@H](N)CCCNC(=O)C[C@@H](N)CCCN)CC(=O)N[C@@H]1[C@H](O)[C@@H](OC(N)=O)[C@@H](CO)O[C@H]1NC1=N[C@@H]2C(=O)NCC(O)[C@H]2N1. The minimum Gasteiger partial charge on any atom is -0.441 e. The molecule has 0 aromatic rings. The smallest absolute Gasteiger partial charge is 0.404 e. The van der Waals surface area contributed by atoms with E-state index in [1.807, 2.05) is 0 Å². The van der Waals surface area contributed by atoms with Crippen LogP contribution in [0.5, 0.6) is 0 Å². The average molecular weight is 801 g/mol. The molecule has 0 spiro atoms. The number of piperidine rings is 1.